The molecule has 1 aliphatic rings. The fraction of sp³-hybridized carbons (Fsp3) is 0.222. The predicted octanol–water partition coefficient (Wildman–Crippen LogP) is 3.25. The molecule has 2 amide bonds. The summed E-state index contributed by atoms with van der Waals surface area (Å²) in [6.45, 7) is 0.705. The Labute approximate surface area is 149 Å². The lowest BCUT2D eigenvalue weighted by molar-refractivity contribution is -0.131. The van der Waals surface area contributed by atoms with Crippen molar-refractivity contribution in [2.45, 2.75) is 12.3 Å². The first-order valence-corrected chi connectivity index (χ1v) is 8.58. The highest BCUT2D eigenvalue weighted by atomic mass is 127. The zero-order chi connectivity index (χ0) is 16.2. The minimum absolute atomic E-state index is 0.0385. The first kappa shape index (κ1) is 16.0. The third kappa shape index (κ3) is 4.10. The van der Waals surface area contributed by atoms with Crippen molar-refractivity contribution in [2.75, 3.05) is 18.4 Å². The fourth-order valence-electron chi connectivity index (χ4n) is 2.78. The average molecular weight is 420 g/mol. The van der Waals surface area contributed by atoms with Gasteiger partial charge in [-0.05, 0) is 52.4 Å². The number of amides is 2. The fourth-order valence-corrected chi connectivity index (χ4v) is 3.14. The Bertz CT molecular complexity index is 701. The van der Waals surface area contributed by atoms with Gasteiger partial charge in [-0.15, -0.1) is 0 Å². The Morgan fingerprint density at radius 1 is 1.13 bits per heavy atom. The summed E-state index contributed by atoms with van der Waals surface area (Å²) in [6, 6.07) is 17.6. The van der Waals surface area contributed by atoms with Crippen LogP contribution in [0.15, 0.2) is 54.6 Å². The smallest absolute Gasteiger partial charge is 0.243 e. The second kappa shape index (κ2) is 7.12. The molecule has 1 saturated heterocycles. The minimum atomic E-state index is -0.159. The van der Waals surface area contributed by atoms with Crippen LogP contribution in [0.2, 0.25) is 0 Å². The van der Waals surface area contributed by atoms with E-state index in [1.807, 2.05) is 54.6 Å². The van der Waals surface area contributed by atoms with Gasteiger partial charge in [0.05, 0.1) is 6.54 Å². The van der Waals surface area contributed by atoms with E-state index in [1.54, 1.807) is 4.90 Å². The molecule has 0 aliphatic carbocycles. The Morgan fingerprint density at radius 3 is 2.52 bits per heavy atom. The van der Waals surface area contributed by atoms with E-state index in [0.29, 0.717) is 13.0 Å². The summed E-state index contributed by atoms with van der Waals surface area (Å²) in [6.07, 6.45) is 0.473. The van der Waals surface area contributed by atoms with Crippen LogP contribution in [0.25, 0.3) is 0 Å². The maximum atomic E-state index is 12.1. The van der Waals surface area contributed by atoms with Crippen molar-refractivity contribution >= 4 is 40.1 Å². The number of anilines is 1. The molecule has 23 heavy (non-hydrogen) atoms. The number of hydrogen-bond acceptors (Lipinski definition) is 2. The Morgan fingerprint density at radius 2 is 1.83 bits per heavy atom. The van der Waals surface area contributed by atoms with E-state index in [-0.39, 0.29) is 24.3 Å². The zero-order valence-electron chi connectivity index (χ0n) is 12.5. The molecule has 1 fully saturated rings. The van der Waals surface area contributed by atoms with Gasteiger partial charge in [-0.1, -0.05) is 30.3 Å². The lowest BCUT2D eigenvalue weighted by Crippen LogP contribution is -2.34. The molecule has 2 aromatic rings. The molecule has 0 bridgehead atoms. The van der Waals surface area contributed by atoms with Gasteiger partial charge in [0, 0.05) is 28.1 Å². The van der Waals surface area contributed by atoms with Gasteiger partial charge in [0.15, 0.2) is 0 Å². The van der Waals surface area contributed by atoms with Crippen molar-refractivity contribution in [2.24, 2.45) is 0 Å². The number of benzene rings is 2. The summed E-state index contributed by atoms with van der Waals surface area (Å²) in [4.78, 5) is 25.9. The van der Waals surface area contributed by atoms with Crippen LogP contribution in [0.5, 0.6) is 0 Å². The number of nitrogens with zero attached hydrogens (tertiary/aromatic N) is 1. The summed E-state index contributed by atoms with van der Waals surface area (Å²) in [5.74, 6) is 0.0553. The summed E-state index contributed by atoms with van der Waals surface area (Å²) in [5.41, 5.74) is 1.91. The van der Waals surface area contributed by atoms with Crippen LogP contribution in [0.4, 0.5) is 5.69 Å². The Hall–Kier alpha value is -1.89. The van der Waals surface area contributed by atoms with Crippen molar-refractivity contribution in [3.63, 3.8) is 0 Å². The van der Waals surface area contributed by atoms with E-state index < -0.39 is 0 Å². The van der Waals surface area contributed by atoms with Gasteiger partial charge in [0.25, 0.3) is 0 Å². The summed E-state index contributed by atoms with van der Waals surface area (Å²) in [7, 11) is 0. The molecule has 0 spiro atoms. The summed E-state index contributed by atoms with van der Waals surface area (Å²) in [5, 5.41) is 2.84. The van der Waals surface area contributed by atoms with Crippen LogP contribution in [-0.4, -0.2) is 29.8 Å². The van der Waals surface area contributed by atoms with Crippen molar-refractivity contribution in [3.05, 3.63) is 63.7 Å². The maximum absolute atomic E-state index is 12.1. The molecule has 1 N–H and O–H groups in total. The molecule has 118 valence electrons. The topological polar surface area (TPSA) is 49.4 Å². The van der Waals surface area contributed by atoms with Gasteiger partial charge in [-0.3, -0.25) is 9.59 Å². The Balaban J connectivity index is 1.58. The lowest BCUT2D eigenvalue weighted by Gasteiger charge is -2.16. The monoisotopic (exact) mass is 420 g/mol. The van der Waals surface area contributed by atoms with Gasteiger partial charge >= 0.3 is 0 Å². The molecular formula is C18H17IN2O2. The Kier molecular flexibility index (Phi) is 4.95. The molecule has 1 atom stereocenters. The highest BCUT2D eigenvalue weighted by Gasteiger charge is 2.31. The minimum Gasteiger partial charge on any atom is -0.333 e. The van der Waals surface area contributed by atoms with Crippen LogP contribution in [0, 0.1) is 3.57 Å². The van der Waals surface area contributed by atoms with E-state index in [4.69, 9.17) is 0 Å². The predicted molar refractivity (Wildman–Crippen MR) is 98.2 cm³/mol. The van der Waals surface area contributed by atoms with Gasteiger partial charge < -0.3 is 10.2 Å². The third-order valence-electron chi connectivity index (χ3n) is 3.95. The van der Waals surface area contributed by atoms with Crippen molar-refractivity contribution < 1.29 is 9.59 Å². The second-order valence-electron chi connectivity index (χ2n) is 5.64. The van der Waals surface area contributed by atoms with E-state index in [0.717, 1.165) is 14.8 Å². The highest BCUT2D eigenvalue weighted by Crippen LogP contribution is 2.27. The number of nitrogens with one attached hydrogen (secondary N) is 1. The molecule has 1 aliphatic heterocycles. The van der Waals surface area contributed by atoms with Crippen LogP contribution >= 0.6 is 22.6 Å². The van der Waals surface area contributed by atoms with Gasteiger partial charge in [-0.2, -0.15) is 0 Å². The third-order valence-corrected chi connectivity index (χ3v) is 4.67. The first-order chi connectivity index (χ1) is 11.1. The molecule has 4 nitrogen and oxygen atoms in total. The lowest BCUT2D eigenvalue weighted by atomic mass is 9.99. The van der Waals surface area contributed by atoms with E-state index in [2.05, 4.69) is 27.9 Å². The zero-order valence-corrected chi connectivity index (χ0v) is 14.7. The SMILES string of the molecule is O=C(CN1CC(c2ccccc2)CC1=O)Nc1ccc(I)cc1. The van der Waals surface area contributed by atoms with E-state index >= 15 is 0 Å². The van der Waals surface area contributed by atoms with Crippen molar-refractivity contribution in [1.82, 2.24) is 4.90 Å². The van der Waals surface area contributed by atoms with Gasteiger partial charge in [-0.25, -0.2) is 0 Å². The highest BCUT2D eigenvalue weighted by molar-refractivity contribution is 14.1. The van der Waals surface area contributed by atoms with Crippen LogP contribution < -0.4 is 5.32 Å². The van der Waals surface area contributed by atoms with Crippen molar-refractivity contribution in [3.8, 4) is 0 Å². The first-order valence-electron chi connectivity index (χ1n) is 7.50. The molecule has 1 heterocycles. The quantitative estimate of drug-likeness (QED) is 0.773. The average Bonchev–Trinajstić information content (AvgIpc) is 2.91. The van der Waals surface area contributed by atoms with Crippen LogP contribution in [0.3, 0.4) is 0 Å². The van der Waals surface area contributed by atoms with Gasteiger partial charge in [0.1, 0.15) is 0 Å². The molecule has 0 radical (unpaired) electrons. The molecular weight excluding hydrogens is 403 g/mol. The number of carbonyl (C=O) groups excluding carboxylic acids is 2. The number of rotatable bonds is 4. The normalized spacial score (nSPS) is 17.3. The molecule has 0 saturated carbocycles. The second-order valence-corrected chi connectivity index (χ2v) is 6.89. The van der Waals surface area contributed by atoms with Crippen molar-refractivity contribution in [1.29, 1.82) is 0 Å². The summed E-state index contributed by atoms with van der Waals surface area (Å²) < 4.78 is 1.11. The standard InChI is InChI=1S/C18H17IN2O2/c19-15-6-8-16(9-7-15)20-17(22)12-21-11-14(10-18(21)23)13-4-2-1-3-5-13/h1-9,14H,10-12H2,(H,20,22). The number of carbonyl (C=O) groups is 2. The molecule has 2 aromatic carbocycles. The largest absolute Gasteiger partial charge is 0.333 e. The number of likely N-dealkylation sites (tertiary alicyclic amines) is 1. The van der Waals surface area contributed by atoms with E-state index in [1.165, 1.54) is 0 Å². The summed E-state index contributed by atoms with van der Waals surface area (Å²) >= 11 is 2.22. The van der Waals surface area contributed by atoms with Crippen LogP contribution in [-0.2, 0) is 9.59 Å². The van der Waals surface area contributed by atoms with Crippen LogP contribution in [0.1, 0.15) is 17.9 Å². The number of halogens is 1. The molecule has 1 unspecified atom stereocenters. The van der Waals surface area contributed by atoms with Gasteiger partial charge in [0.2, 0.25) is 11.8 Å². The maximum Gasteiger partial charge on any atom is 0.243 e. The molecule has 5 heteroatoms. The molecule has 3 rings (SSSR count). The van der Waals surface area contributed by atoms with E-state index in [9.17, 15) is 9.59 Å². The molecule has 0 aromatic heterocycles. The number of hydrogen-bond donors (Lipinski definition) is 1.